The summed E-state index contributed by atoms with van der Waals surface area (Å²) in [4.78, 5) is 16.5. The zero-order valence-corrected chi connectivity index (χ0v) is 18.6. The average molecular weight is 491 g/mol. The van der Waals surface area contributed by atoms with Crippen molar-refractivity contribution in [2.45, 2.75) is 0 Å². The summed E-state index contributed by atoms with van der Waals surface area (Å²) in [5, 5.41) is 4.71. The lowest BCUT2D eigenvalue weighted by Crippen LogP contribution is -2.44. The Morgan fingerprint density at radius 1 is 1.06 bits per heavy atom. The maximum atomic E-state index is 14.1. The predicted molar refractivity (Wildman–Crippen MR) is 118 cm³/mol. The second kappa shape index (κ2) is 9.88. The Morgan fingerprint density at radius 2 is 1.66 bits per heavy atom. The molecule has 172 valence electrons. The minimum atomic E-state index is -1.90. The van der Waals surface area contributed by atoms with E-state index >= 15 is 0 Å². The van der Waals surface area contributed by atoms with E-state index in [9.17, 15) is 22.4 Å². The van der Waals surface area contributed by atoms with E-state index in [1.165, 1.54) is 0 Å². The van der Waals surface area contributed by atoms with Crippen LogP contribution in [0.15, 0.2) is 18.2 Å². The van der Waals surface area contributed by atoms with E-state index in [1.807, 2.05) is 12.4 Å². The molecule has 12 heteroatoms. The fraction of sp³-hybridized carbons (Fsp3) is 0.300. The predicted octanol–water partition coefficient (Wildman–Crippen LogP) is 3.78. The smallest absolute Gasteiger partial charge is 0.263 e. The number of benzene rings is 2. The molecule has 6 nitrogen and oxygen atoms in total. The number of methoxy groups -OCH3 is 1. The van der Waals surface area contributed by atoms with Crippen LogP contribution in [0.25, 0.3) is 0 Å². The molecule has 3 rings (SSSR count). The van der Waals surface area contributed by atoms with Crippen molar-refractivity contribution >= 4 is 46.2 Å². The number of nitrogens with one attached hydrogen (secondary N) is 2. The van der Waals surface area contributed by atoms with E-state index in [2.05, 4.69) is 19.9 Å². The zero-order valence-electron chi connectivity index (χ0n) is 17.1. The molecule has 1 saturated heterocycles. The molecule has 0 bridgehead atoms. The lowest BCUT2D eigenvalue weighted by molar-refractivity contribution is 0.0966. The van der Waals surface area contributed by atoms with Gasteiger partial charge in [-0.1, -0.05) is 11.6 Å². The molecule has 1 fully saturated rings. The Labute approximate surface area is 192 Å². The second-order valence-corrected chi connectivity index (χ2v) is 7.84. The van der Waals surface area contributed by atoms with Gasteiger partial charge in [0.1, 0.15) is 5.56 Å². The van der Waals surface area contributed by atoms with Crippen LogP contribution in [0.2, 0.25) is 5.02 Å². The summed E-state index contributed by atoms with van der Waals surface area (Å²) in [7, 11) is 2.87. The van der Waals surface area contributed by atoms with Crippen molar-refractivity contribution in [3.8, 4) is 5.75 Å². The maximum absolute atomic E-state index is 14.1. The Hall–Kier alpha value is -2.63. The minimum Gasteiger partial charge on any atom is -0.491 e. The van der Waals surface area contributed by atoms with Crippen molar-refractivity contribution in [1.82, 2.24) is 10.2 Å². The van der Waals surface area contributed by atoms with E-state index in [-0.39, 0.29) is 5.11 Å². The Kier molecular flexibility index (Phi) is 7.42. The topological polar surface area (TPSA) is 56.8 Å². The number of hydrogen-bond acceptors (Lipinski definition) is 5. The van der Waals surface area contributed by atoms with Crippen LogP contribution in [-0.4, -0.2) is 56.3 Å². The van der Waals surface area contributed by atoms with Crippen LogP contribution in [0.5, 0.6) is 5.75 Å². The number of halogens is 5. The minimum absolute atomic E-state index is 0.353. The molecule has 2 N–H and O–H groups in total. The highest BCUT2D eigenvalue weighted by Crippen LogP contribution is 2.31. The number of carbonyl (C=O) groups excluding carboxylic acids is 1. The number of anilines is 2. The quantitative estimate of drug-likeness (QED) is 0.386. The van der Waals surface area contributed by atoms with Gasteiger partial charge >= 0.3 is 0 Å². The fourth-order valence-corrected chi connectivity index (χ4v) is 3.72. The molecule has 0 radical (unpaired) electrons. The number of piperazine rings is 1. The molecule has 32 heavy (non-hydrogen) atoms. The first-order chi connectivity index (χ1) is 15.1. The highest BCUT2D eigenvalue weighted by Gasteiger charge is 2.30. The molecule has 0 saturated carbocycles. The number of hydrogen-bond donors (Lipinski definition) is 2. The van der Waals surface area contributed by atoms with Crippen molar-refractivity contribution in [3.05, 3.63) is 52.1 Å². The van der Waals surface area contributed by atoms with Crippen molar-refractivity contribution in [1.29, 1.82) is 0 Å². The van der Waals surface area contributed by atoms with E-state index < -0.39 is 40.5 Å². The van der Waals surface area contributed by atoms with Crippen molar-refractivity contribution < 1.29 is 27.1 Å². The Balaban J connectivity index is 1.71. The van der Waals surface area contributed by atoms with Crippen LogP contribution in [-0.2, 0) is 0 Å². The molecular formula is C20H19ClF4N4O2S. The summed E-state index contributed by atoms with van der Waals surface area (Å²) in [6, 6.07) is 5.00. The van der Waals surface area contributed by atoms with Gasteiger partial charge in [-0.15, -0.1) is 0 Å². The molecule has 2 aromatic carbocycles. The van der Waals surface area contributed by atoms with Gasteiger partial charge in [0.05, 0.1) is 17.8 Å². The molecule has 2 aromatic rings. The largest absolute Gasteiger partial charge is 0.491 e. The van der Waals surface area contributed by atoms with E-state index in [1.54, 1.807) is 18.2 Å². The summed E-state index contributed by atoms with van der Waals surface area (Å²) in [5.41, 5.74) is -0.242. The standard InChI is InChI=1S/C20H19ClF4N4O2S/c1-28-5-7-29(8-6-28)12-4-3-10(9-11(12)21)26-20(32)27-19(30)13-14(22)16(24)18(31-2)17(25)15(13)23/h3-4,9H,5-8H2,1-2H3,(H2,26,27,30,32). The molecule has 1 amide bonds. The van der Waals surface area contributed by atoms with Crippen LogP contribution in [0.1, 0.15) is 10.4 Å². The van der Waals surface area contributed by atoms with Gasteiger partial charge in [0.15, 0.2) is 22.5 Å². The molecule has 0 atom stereocenters. The molecular weight excluding hydrogens is 472 g/mol. The number of thiocarbonyl (C=S) groups is 1. The first-order valence-electron chi connectivity index (χ1n) is 9.39. The molecule has 1 heterocycles. The SMILES string of the molecule is COc1c(F)c(F)c(C(=O)NC(=S)Nc2ccc(N3CCN(C)CC3)c(Cl)c2)c(F)c1F. The van der Waals surface area contributed by atoms with E-state index in [4.69, 9.17) is 23.8 Å². The van der Waals surface area contributed by atoms with Crippen LogP contribution >= 0.6 is 23.8 Å². The number of amides is 1. The van der Waals surface area contributed by atoms with Crippen molar-refractivity contribution in [3.63, 3.8) is 0 Å². The molecule has 1 aliphatic heterocycles. The van der Waals surface area contributed by atoms with Crippen LogP contribution < -0.4 is 20.3 Å². The van der Waals surface area contributed by atoms with Crippen LogP contribution in [0.4, 0.5) is 28.9 Å². The van der Waals surface area contributed by atoms with Gasteiger partial charge in [-0.2, -0.15) is 8.78 Å². The third kappa shape index (κ3) is 4.89. The van der Waals surface area contributed by atoms with Gasteiger partial charge in [-0.3, -0.25) is 10.1 Å². The highest BCUT2D eigenvalue weighted by atomic mass is 35.5. The fourth-order valence-electron chi connectivity index (χ4n) is 3.21. The summed E-state index contributed by atoms with van der Waals surface area (Å²) in [6.07, 6.45) is 0. The third-order valence-corrected chi connectivity index (χ3v) is 5.44. The molecule has 0 aliphatic carbocycles. The number of rotatable bonds is 4. The van der Waals surface area contributed by atoms with Gasteiger partial charge in [-0.05, 0) is 37.5 Å². The van der Waals surface area contributed by atoms with E-state index in [0.29, 0.717) is 10.7 Å². The monoisotopic (exact) mass is 490 g/mol. The van der Waals surface area contributed by atoms with Gasteiger partial charge in [-0.25, -0.2) is 8.78 Å². The van der Waals surface area contributed by atoms with Gasteiger partial charge < -0.3 is 19.9 Å². The molecule has 0 aromatic heterocycles. The summed E-state index contributed by atoms with van der Waals surface area (Å²) in [6.45, 7) is 3.41. The third-order valence-electron chi connectivity index (χ3n) is 4.93. The summed E-state index contributed by atoms with van der Waals surface area (Å²) in [5.74, 6) is -10.2. The van der Waals surface area contributed by atoms with Crippen LogP contribution in [0.3, 0.4) is 0 Å². The van der Waals surface area contributed by atoms with Gasteiger partial charge in [0.2, 0.25) is 11.6 Å². The number of carbonyl (C=O) groups is 1. The Bertz CT molecular complexity index is 1040. The number of likely N-dealkylation sites (N-methyl/N-ethyl adjacent to an activating group) is 1. The zero-order chi connectivity index (χ0) is 23.6. The molecule has 0 spiro atoms. The normalized spacial score (nSPS) is 14.3. The maximum Gasteiger partial charge on any atom is 0.263 e. The lowest BCUT2D eigenvalue weighted by Gasteiger charge is -2.34. The summed E-state index contributed by atoms with van der Waals surface area (Å²) >= 11 is 11.3. The lowest BCUT2D eigenvalue weighted by atomic mass is 10.1. The van der Waals surface area contributed by atoms with E-state index in [0.717, 1.165) is 39.0 Å². The van der Waals surface area contributed by atoms with Gasteiger partial charge in [0, 0.05) is 31.9 Å². The molecule has 0 unspecified atom stereocenters. The first-order valence-corrected chi connectivity index (χ1v) is 10.2. The van der Waals surface area contributed by atoms with Crippen molar-refractivity contribution in [2.24, 2.45) is 0 Å². The average Bonchev–Trinajstić information content (AvgIpc) is 2.74. The second-order valence-electron chi connectivity index (χ2n) is 7.03. The van der Waals surface area contributed by atoms with Crippen molar-refractivity contribution in [2.75, 3.05) is 50.6 Å². The molecule has 1 aliphatic rings. The Morgan fingerprint density at radius 3 is 2.19 bits per heavy atom. The number of ether oxygens (including phenoxy) is 1. The highest BCUT2D eigenvalue weighted by molar-refractivity contribution is 7.80. The van der Waals surface area contributed by atoms with Crippen LogP contribution in [0, 0.1) is 23.3 Å². The number of nitrogens with zero attached hydrogens (tertiary/aromatic N) is 2. The summed E-state index contributed by atoms with van der Waals surface area (Å²) < 4.78 is 60.2. The van der Waals surface area contributed by atoms with Gasteiger partial charge in [0.25, 0.3) is 5.91 Å². The first kappa shape index (κ1) is 24.0.